The van der Waals surface area contributed by atoms with Crippen LogP contribution in [0, 0.1) is 5.95 Å². The van der Waals surface area contributed by atoms with Crippen LogP contribution < -0.4 is 5.32 Å². The van der Waals surface area contributed by atoms with Crippen molar-refractivity contribution in [1.82, 2.24) is 10.3 Å². The summed E-state index contributed by atoms with van der Waals surface area (Å²) in [5.74, 6) is -0.00125. The quantitative estimate of drug-likeness (QED) is 0.665. The minimum Gasteiger partial charge on any atom is -0.316 e. The van der Waals surface area contributed by atoms with E-state index in [1.807, 2.05) is 6.07 Å². The fourth-order valence-corrected chi connectivity index (χ4v) is 1.82. The van der Waals surface area contributed by atoms with Crippen molar-refractivity contribution < 1.29 is 4.39 Å². The highest BCUT2D eigenvalue weighted by Crippen LogP contribution is 2.23. The van der Waals surface area contributed by atoms with E-state index in [4.69, 9.17) is 0 Å². The maximum absolute atomic E-state index is 13.2. The number of nitrogens with one attached hydrogen (secondary N) is 1. The number of hydrogen-bond acceptors (Lipinski definition) is 2. The van der Waals surface area contributed by atoms with Crippen LogP contribution in [0.4, 0.5) is 4.39 Å². The van der Waals surface area contributed by atoms with Gasteiger partial charge >= 0.3 is 0 Å². The average Bonchev–Trinajstić information content (AvgIpc) is 2.20. The minimum absolute atomic E-state index is 0.308. The lowest BCUT2D eigenvalue weighted by Crippen LogP contribution is -2.28. The SMILES string of the molecule is Fc1ncccc1[C@@H]1CCCNC1. The summed E-state index contributed by atoms with van der Waals surface area (Å²) in [6.07, 6.45) is 3.68. The highest BCUT2D eigenvalue weighted by molar-refractivity contribution is 5.17. The van der Waals surface area contributed by atoms with Crippen LogP contribution in [0.5, 0.6) is 0 Å². The van der Waals surface area contributed by atoms with Crippen molar-refractivity contribution in [2.45, 2.75) is 18.8 Å². The van der Waals surface area contributed by atoms with Gasteiger partial charge in [0.15, 0.2) is 0 Å². The first-order valence-corrected chi connectivity index (χ1v) is 4.69. The van der Waals surface area contributed by atoms with Gasteiger partial charge in [0.2, 0.25) is 5.95 Å². The van der Waals surface area contributed by atoms with Gasteiger partial charge in [-0.1, -0.05) is 6.07 Å². The second-order valence-corrected chi connectivity index (χ2v) is 3.43. The normalized spacial score (nSPS) is 23.0. The molecule has 0 spiro atoms. The van der Waals surface area contributed by atoms with Gasteiger partial charge in [-0.2, -0.15) is 4.39 Å². The number of hydrogen-bond donors (Lipinski definition) is 1. The summed E-state index contributed by atoms with van der Waals surface area (Å²) < 4.78 is 13.2. The van der Waals surface area contributed by atoms with E-state index in [9.17, 15) is 4.39 Å². The van der Waals surface area contributed by atoms with Crippen molar-refractivity contribution in [3.63, 3.8) is 0 Å². The molecule has 1 aliphatic heterocycles. The number of rotatable bonds is 1. The van der Waals surface area contributed by atoms with E-state index in [2.05, 4.69) is 10.3 Å². The lowest BCUT2D eigenvalue weighted by atomic mass is 9.93. The molecule has 0 aromatic carbocycles. The molecule has 0 radical (unpaired) electrons. The highest BCUT2D eigenvalue weighted by Gasteiger charge is 2.18. The largest absolute Gasteiger partial charge is 0.316 e. The molecule has 2 nitrogen and oxygen atoms in total. The Morgan fingerprint density at radius 2 is 2.46 bits per heavy atom. The van der Waals surface area contributed by atoms with Crippen LogP contribution in [0.15, 0.2) is 18.3 Å². The van der Waals surface area contributed by atoms with Gasteiger partial charge in [-0.15, -0.1) is 0 Å². The molecule has 1 aliphatic rings. The van der Waals surface area contributed by atoms with Crippen molar-refractivity contribution in [3.05, 3.63) is 29.8 Å². The molecule has 70 valence electrons. The Morgan fingerprint density at radius 3 is 3.15 bits per heavy atom. The van der Waals surface area contributed by atoms with Gasteiger partial charge in [0, 0.05) is 24.2 Å². The van der Waals surface area contributed by atoms with Gasteiger partial charge in [-0.3, -0.25) is 0 Å². The fraction of sp³-hybridized carbons (Fsp3) is 0.500. The summed E-state index contributed by atoms with van der Waals surface area (Å²) in [6.45, 7) is 1.93. The van der Waals surface area contributed by atoms with Gasteiger partial charge in [0.05, 0.1) is 0 Å². The maximum Gasteiger partial charge on any atom is 0.216 e. The highest BCUT2D eigenvalue weighted by atomic mass is 19.1. The molecule has 1 aromatic rings. The summed E-state index contributed by atoms with van der Waals surface area (Å²) in [5, 5.41) is 3.27. The number of aromatic nitrogens is 1. The van der Waals surface area contributed by atoms with Crippen LogP contribution in [0.1, 0.15) is 24.3 Å². The van der Waals surface area contributed by atoms with Gasteiger partial charge in [0.1, 0.15) is 0 Å². The first-order valence-electron chi connectivity index (χ1n) is 4.69. The second-order valence-electron chi connectivity index (χ2n) is 3.43. The zero-order valence-corrected chi connectivity index (χ0v) is 7.46. The Kier molecular flexibility index (Phi) is 2.54. The van der Waals surface area contributed by atoms with Gasteiger partial charge in [0.25, 0.3) is 0 Å². The van der Waals surface area contributed by atoms with Gasteiger partial charge in [-0.25, -0.2) is 4.98 Å². The van der Waals surface area contributed by atoms with E-state index in [1.165, 1.54) is 6.20 Å². The summed E-state index contributed by atoms with van der Waals surface area (Å²) >= 11 is 0. The molecule has 1 atom stereocenters. The van der Waals surface area contributed by atoms with Crippen LogP contribution in [-0.4, -0.2) is 18.1 Å². The number of pyridine rings is 1. The minimum atomic E-state index is -0.309. The predicted molar refractivity (Wildman–Crippen MR) is 49.0 cm³/mol. The molecular formula is C10H13FN2. The first-order chi connectivity index (χ1) is 6.38. The van der Waals surface area contributed by atoms with Gasteiger partial charge < -0.3 is 5.32 Å². The summed E-state index contributed by atoms with van der Waals surface area (Å²) in [5.41, 5.74) is 0.759. The van der Waals surface area contributed by atoms with E-state index in [0.717, 1.165) is 31.5 Å². The number of piperidine rings is 1. The predicted octanol–water partition coefficient (Wildman–Crippen LogP) is 1.69. The molecule has 0 bridgehead atoms. The van der Waals surface area contributed by atoms with E-state index in [0.29, 0.717) is 5.92 Å². The van der Waals surface area contributed by atoms with Crippen LogP contribution >= 0.6 is 0 Å². The Morgan fingerprint density at radius 1 is 1.54 bits per heavy atom. The molecule has 3 heteroatoms. The van der Waals surface area contributed by atoms with Crippen LogP contribution in [0.2, 0.25) is 0 Å². The van der Waals surface area contributed by atoms with Crippen molar-refractivity contribution in [2.24, 2.45) is 0 Å². The van der Waals surface area contributed by atoms with E-state index in [1.54, 1.807) is 6.07 Å². The number of halogens is 1. The van der Waals surface area contributed by atoms with Crippen LogP contribution in [-0.2, 0) is 0 Å². The number of nitrogens with zero attached hydrogens (tertiary/aromatic N) is 1. The zero-order valence-electron chi connectivity index (χ0n) is 7.46. The van der Waals surface area contributed by atoms with Crippen molar-refractivity contribution in [2.75, 3.05) is 13.1 Å². The van der Waals surface area contributed by atoms with E-state index < -0.39 is 0 Å². The van der Waals surface area contributed by atoms with Crippen LogP contribution in [0.3, 0.4) is 0 Å². The fourth-order valence-electron chi connectivity index (χ4n) is 1.82. The molecule has 1 fully saturated rings. The van der Waals surface area contributed by atoms with Gasteiger partial charge in [-0.05, 0) is 25.5 Å². The van der Waals surface area contributed by atoms with E-state index >= 15 is 0 Å². The lowest BCUT2D eigenvalue weighted by Gasteiger charge is -2.22. The molecule has 1 saturated heterocycles. The smallest absolute Gasteiger partial charge is 0.216 e. The molecule has 2 rings (SSSR count). The summed E-state index contributed by atoms with van der Waals surface area (Å²) in [4.78, 5) is 3.66. The topological polar surface area (TPSA) is 24.9 Å². The summed E-state index contributed by atoms with van der Waals surface area (Å²) in [6, 6.07) is 3.63. The Bertz CT molecular complexity index is 282. The molecular weight excluding hydrogens is 167 g/mol. The second kappa shape index (κ2) is 3.83. The third-order valence-electron chi connectivity index (χ3n) is 2.52. The third kappa shape index (κ3) is 1.86. The molecule has 2 heterocycles. The molecule has 0 saturated carbocycles. The standard InChI is InChI=1S/C10H13FN2/c11-10-9(4-2-6-13-10)8-3-1-5-12-7-8/h2,4,6,8,12H,1,3,5,7H2/t8-/m1/s1. The van der Waals surface area contributed by atoms with E-state index in [-0.39, 0.29) is 5.95 Å². The van der Waals surface area contributed by atoms with Crippen molar-refractivity contribution >= 4 is 0 Å². The molecule has 1 aromatic heterocycles. The van der Waals surface area contributed by atoms with Crippen molar-refractivity contribution in [1.29, 1.82) is 0 Å². The maximum atomic E-state index is 13.2. The Balaban J connectivity index is 2.18. The first kappa shape index (κ1) is 8.63. The third-order valence-corrected chi connectivity index (χ3v) is 2.52. The molecule has 13 heavy (non-hydrogen) atoms. The average molecular weight is 180 g/mol. The molecule has 0 unspecified atom stereocenters. The molecule has 0 aliphatic carbocycles. The zero-order chi connectivity index (χ0) is 9.10. The van der Waals surface area contributed by atoms with Crippen molar-refractivity contribution in [3.8, 4) is 0 Å². The molecule has 0 amide bonds. The Labute approximate surface area is 77.2 Å². The Hall–Kier alpha value is -0.960. The van der Waals surface area contributed by atoms with Crippen LogP contribution in [0.25, 0.3) is 0 Å². The molecule has 1 N–H and O–H groups in total. The summed E-state index contributed by atoms with van der Waals surface area (Å²) in [7, 11) is 0. The monoisotopic (exact) mass is 180 g/mol. The lowest BCUT2D eigenvalue weighted by molar-refractivity contribution is 0.440.